The first kappa shape index (κ1) is 20.0. The number of benzene rings is 2. The molecule has 1 aliphatic heterocycles. The average Bonchev–Trinajstić information content (AvgIpc) is 3.57. The van der Waals surface area contributed by atoms with Gasteiger partial charge in [-0.25, -0.2) is 13.2 Å². The Morgan fingerprint density at radius 2 is 1.52 bits per heavy atom. The van der Waals surface area contributed by atoms with Crippen molar-refractivity contribution in [2.45, 2.75) is 37.7 Å². The summed E-state index contributed by atoms with van der Waals surface area (Å²) in [5.74, 6) is -3.51. The first-order chi connectivity index (χ1) is 14.0. The van der Waals surface area contributed by atoms with Gasteiger partial charge in [0.25, 0.3) is 0 Å². The van der Waals surface area contributed by atoms with Crippen LogP contribution >= 0.6 is 0 Å². The van der Waals surface area contributed by atoms with E-state index < -0.39 is 23.3 Å². The normalized spacial score (nSPS) is 24.1. The first-order valence-electron chi connectivity index (χ1n) is 9.79. The summed E-state index contributed by atoms with van der Waals surface area (Å²) in [4.78, 5) is 0. The van der Waals surface area contributed by atoms with Gasteiger partial charge in [0.15, 0.2) is 23.2 Å². The van der Waals surface area contributed by atoms with Crippen molar-refractivity contribution in [1.29, 1.82) is 0 Å². The third-order valence-corrected chi connectivity index (χ3v) is 5.88. The van der Waals surface area contributed by atoms with Crippen molar-refractivity contribution in [3.63, 3.8) is 0 Å². The highest BCUT2D eigenvalue weighted by Gasteiger charge is 2.32. The van der Waals surface area contributed by atoms with E-state index in [1.165, 1.54) is 19.2 Å². The second-order valence-electron chi connectivity index (χ2n) is 7.65. The number of methoxy groups -OCH3 is 1. The van der Waals surface area contributed by atoms with Gasteiger partial charge in [0.1, 0.15) is 6.10 Å². The molecule has 1 heterocycles. The fourth-order valence-corrected chi connectivity index (χ4v) is 4.07. The van der Waals surface area contributed by atoms with Crippen molar-refractivity contribution in [2.75, 3.05) is 13.7 Å². The molecule has 0 spiro atoms. The summed E-state index contributed by atoms with van der Waals surface area (Å²) in [5, 5.41) is 0. The van der Waals surface area contributed by atoms with Gasteiger partial charge in [-0.15, -0.1) is 0 Å². The maximum Gasteiger partial charge on any atom is 0.201 e. The predicted molar refractivity (Wildman–Crippen MR) is 102 cm³/mol. The molecule has 4 rings (SSSR count). The lowest BCUT2D eigenvalue weighted by Gasteiger charge is -2.27. The predicted octanol–water partition coefficient (Wildman–Crippen LogP) is 6.31. The maximum atomic E-state index is 14.5. The van der Waals surface area contributed by atoms with E-state index in [0.29, 0.717) is 25.0 Å². The Morgan fingerprint density at radius 3 is 2.17 bits per heavy atom. The molecule has 2 nitrogen and oxygen atoms in total. The summed E-state index contributed by atoms with van der Waals surface area (Å²) < 4.78 is 66.5. The number of hydrogen-bond acceptors (Lipinski definition) is 2. The molecule has 154 valence electrons. The smallest absolute Gasteiger partial charge is 0.201 e. The third-order valence-electron chi connectivity index (χ3n) is 5.88. The number of epoxide rings is 1. The lowest BCUT2D eigenvalue weighted by molar-refractivity contribution is 0.361. The molecule has 29 heavy (non-hydrogen) atoms. The van der Waals surface area contributed by atoms with Crippen LogP contribution in [0.5, 0.6) is 5.75 Å². The zero-order valence-corrected chi connectivity index (χ0v) is 16.1. The van der Waals surface area contributed by atoms with Crippen LogP contribution in [0.4, 0.5) is 17.6 Å². The molecule has 0 radical (unpaired) electrons. The van der Waals surface area contributed by atoms with Crippen LogP contribution in [0.15, 0.2) is 30.3 Å². The van der Waals surface area contributed by atoms with Crippen molar-refractivity contribution >= 4 is 6.08 Å². The third kappa shape index (κ3) is 4.04. The Balaban J connectivity index is 1.41. The van der Waals surface area contributed by atoms with E-state index in [4.69, 9.17) is 9.47 Å². The molecule has 2 aliphatic rings. The van der Waals surface area contributed by atoms with E-state index >= 15 is 0 Å². The minimum Gasteiger partial charge on any atom is -0.494 e. The Hall–Kier alpha value is -2.34. The summed E-state index contributed by atoms with van der Waals surface area (Å²) in [7, 11) is 1.29. The van der Waals surface area contributed by atoms with Crippen LogP contribution in [0.3, 0.4) is 0 Å². The fourth-order valence-electron chi connectivity index (χ4n) is 4.07. The SMILES string of the molecule is COc1ccc(/C=C/C2CCC(c3ccc(C4CO4)c(F)c3F)CC2)c(F)c1F. The quantitative estimate of drug-likeness (QED) is 0.429. The minimum atomic E-state index is -1.00. The molecular weight excluding hydrogens is 384 g/mol. The molecule has 2 aromatic carbocycles. The Morgan fingerprint density at radius 1 is 0.862 bits per heavy atom. The number of allylic oxidation sites excluding steroid dienone is 1. The second kappa shape index (κ2) is 8.19. The molecule has 1 unspecified atom stereocenters. The van der Waals surface area contributed by atoms with Gasteiger partial charge in [-0.3, -0.25) is 0 Å². The average molecular weight is 406 g/mol. The maximum absolute atomic E-state index is 14.5. The monoisotopic (exact) mass is 406 g/mol. The lowest BCUT2D eigenvalue weighted by atomic mass is 9.78. The second-order valence-corrected chi connectivity index (χ2v) is 7.65. The van der Waals surface area contributed by atoms with Gasteiger partial charge in [0.05, 0.1) is 13.7 Å². The van der Waals surface area contributed by atoms with Gasteiger partial charge in [-0.05, 0) is 55.2 Å². The number of ether oxygens (including phenoxy) is 2. The van der Waals surface area contributed by atoms with Crippen LogP contribution in [0.2, 0.25) is 0 Å². The molecular formula is C23H22F4O2. The molecule has 0 aromatic heterocycles. The molecule has 0 bridgehead atoms. The number of rotatable bonds is 5. The summed E-state index contributed by atoms with van der Waals surface area (Å²) in [5.41, 5.74) is 0.866. The van der Waals surface area contributed by atoms with Gasteiger partial charge in [-0.1, -0.05) is 24.3 Å². The van der Waals surface area contributed by atoms with Crippen LogP contribution in [0.25, 0.3) is 6.08 Å². The number of hydrogen-bond donors (Lipinski definition) is 0. The van der Waals surface area contributed by atoms with E-state index in [2.05, 4.69) is 0 Å². The number of halogens is 4. The summed E-state index contributed by atoms with van der Waals surface area (Å²) in [6, 6.07) is 6.16. The highest BCUT2D eigenvalue weighted by molar-refractivity contribution is 5.52. The zero-order chi connectivity index (χ0) is 20.5. The molecule has 6 heteroatoms. The van der Waals surface area contributed by atoms with Gasteiger partial charge in [0, 0.05) is 11.1 Å². The Kier molecular flexibility index (Phi) is 5.63. The van der Waals surface area contributed by atoms with Crippen molar-refractivity contribution < 1.29 is 27.0 Å². The van der Waals surface area contributed by atoms with Gasteiger partial charge < -0.3 is 9.47 Å². The molecule has 1 atom stereocenters. The Bertz CT molecular complexity index is 929. The zero-order valence-electron chi connectivity index (χ0n) is 16.1. The van der Waals surface area contributed by atoms with Crippen molar-refractivity contribution in [3.8, 4) is 5.75 Å². The van der Waals surface area contributed by atoms with E-state index in [1.807, 2.05) is 6.08 Å². The molecule has 2 fully saturated rings. The van der Waals surface area contributed by atoms with E-state index in [0.717, 1.165) is 12.8 Å². The molecule has 2 aromatic rings. The van der Waals surface area contributed by atoms with Crippen LogP contribution < -0.4 is 4.74 Å². The molecule has 1 saturated heterocycles. The molecule has 1 aliphatic carbocycles. The molecule has 1 saturated carbocycles. The van der Waals surface area contributed by atoms with E-state index in [9.17, 15) is 17.6 Å². The summed E-state index contributed by atoms with van der Waals surface area (Å²) in [6.45, 7) is 0.436. The molecule has 0 N–H and O–H groups in total. The van der Waals surface area contributed by atoms with Crippen LogP contribution in [0, 0.1) is 29.2 Å². The van der Waals surface area contributed by atoms with E-state index in [-0.39, 0.29) is 34.8 Å². The van der Waals surface area contributed by atoms with Gasteiger partial charge in [-0.2, -0.15) is 4.39 Å². The first-order valence-corrected chi connectivity index (χ1v) is 9.79. The van der Waals surface area contributed by atoms with Crippen molar-refractivity contribution in [3.05, 3.63) is 70.3 Å². The fraction of sp³-hybridized carbons (Fsp3) is 0.391. The summed E-state index contributed by atoms with van der Waals surface area (Å²) >= 11 is 0. The standard InChI is InChI=1S/C23H22F4O2/c1-28-18-11-8-15(20(24)23(18)27)7-4-13-2-5-14(6-3-13)16-9-10-17(19-12-29-19)22(26)21(16)25/h4,7-11,13-14,19H,2-3,5-6,12H2,1H3/b7-4+. The summed E-state index contributed by atoms with van der Waals surface area (Å²) in [6.07, 6.45) is 6.10. The largest absolute Gasteiger partial charge is 0.494 e. The topological polar surface area (TPSA) is 21.8 Å². The van der Waals surface area contributed by atoms with Gasteiger partial charge in [0.2, 0.25) is 5.82 Å². The van der Waals surface area contributed by atoms with Crippen LogP contribution in [-0.4, -0.2) is 13.7 Å². The highest BCUT2D eigenvalue weighted by atomic mass is 19.2. The van der Waals surface area contributed by atoms with Crippen LogP contribution in [-0.2, 0) is 4.74 Å². The van der Waals surface area contributed by atoms with Crippen LogP contribution in [0.1, 0.15) is 54.4 Å². The van der Waals surface area contributed by atoms with E-state index in [1.54, 1.807) is 18.2 Å². The van der Waals surface area contributed by atoms with Gasteiger partial charge >= 0.3 is 0 Å². The van der Waals surface area contributed by atoms with Crippen molar-refractivity contribution in [1.82, 2.24) is 0 Å². The minimum absolute atomic E-state index is 0.0431. The lowest BCUT2D eigenvalue weighted by Crippen LogP contribution is -2.14. The molecule has 0 amide bonds. The Labute approximate surface area is 167 Å². The highest BCUT2D eigenvalue weighted by Crippen LogP contribution is 2.40. The van der Waals surface area contributed by atoms with Crippen molar-refractivity contribution in [2.24, 2.45) is 5.92 Å².